The number of esters is 1. The van der Waals surface area contributed by atoms with Crippen LogP contribution in [0.5, 0.6) is 0 Å². The molecule has 3 aromatic carbocycles. The Hall–Kier alpha value is -2.94. The summed E-state index contributed by atoms with van der Waals surface area (Å²) in [7, 11) is 0. The second-order valence-electron chi connectivity index (χ2n) is 5.95. The number of fused-ring (bicyclic) bond motifs is 1. The SMILES string of the molecule is CCc1ccc(C(=O)COC(=O)Cc2cccc3ccccc23)cc1. The maximum atomic E-state index is 12.1. The van der Waals surface area contributed by atoms with Crippen molar-refractivity contribution < 1.29 is 14.3 Å². The minimum Gasteiger partial charge on any atom is -0.457 e. The Balaban J connectivity index is 1.61. The van der Waals surface area contributed by atoms with Crippen LogP contribution in [0.4, 0.5) is 0 Å². The topological polar surface area (TPSA) is 43.4 Å². The Kier molecular flexibility index (Phi) is 5.24. The quantitative estimate of drug-likeness (QED) is 0.497. The average molecular weight is 332 g/mol. The lowest BCUT2D eigenvalue weighted by atomic mass is 10.0. The van der Waals surface area contributed by atoms with Crippen LogP contribution < -0.4 is 0 Å². The molecule has 0 bridgehead atoms. The minimum atomic E-state index is -0.394. The Morgan fingerprint density at radius 2 is 1.60 bits per heavy atom. The fourth-order valence-electron chi connectivity index (χ4n) is 2.81. The molecule has 3 rings (SSSR count). The number of ketones is 1. The summed E-state index contributed by atoms with van der Waals surface area (Å²) in [6, 6.07) is 21.1. The van der Waals surface area contributed by atoms with Gasteiger partial charge >= 0.3 is 5.97 Å². The summed E-state index contributed by atoms with van der Waals surface area (Å²) in [5, 5.41) is 2.11. The number of rotatable bonds is 6. The van der Waals surface area contributed by atoms with Crippen LogP contribution in [0.2, 0.25) is 0 Å². The molecule has 0 saturated heterocycles. The van der Waals surface area contributed by atoms with E-state index in [0.717, 1.165) is 22.8 Å². The molecule has 0 N–H and O–H groups in total. The van der Waals surface area contributed by atoms with Crippen molar-refractivity contribution in [2.24, 2.45) is 0 Å². The highest BCUT2D eigenvalue weighted by Crippen LogP contribution is 2.19. The highest BCUT2D eigenvalue weighted by atomic mass is 16.5. The number of aryl methyl sites for hydroxylation is 1. The summed E-state index contributed by atoms with van der Waals surface area (Å²) in [6.45, 7) is 1.83. The smallest absolute Gasteiger partial charge is 0.310 e. The molecule has 3 nitrogen and oxygen atoms in total. The third-order valence-electron chi connectivity index (χ3n) is 4.26. The second-order valence-corrected chi connectivity index (χ2v) is 5.95. The minimum absolute atomic E-state index is 0.156. The lowest BCUT2D eigenvalue weighted by Gasteiger charge is -2.07. The molecule has 0 aliphatic heterocycles. The van der Waals surface area contributed by atoms with Crippen molar-refractivity contribution in [3.8, 4) is 0 Å². The van der Waals surface area contributed by atoms with Crippen molar-refractivity contribution in [2.45, 2.75) is 19.8 Å². The van der Waals surface area contributed by atoms with Gasteiger partial charge in [-0.25, -0.2) is 0 Å². The normalized spacial score (nSPS) is 10.6. The summed E-state index contributed by atoms with van der Waals surface area (Å²) in [5.41, 5.74) is 2.64. The van der Waals surface area contributed by atoms with E-state index >= 15 is 0 Å². The Bertz CT molecular complexity index is 889. The van der Waals surface area contributed by atoms with E-state index in [4.69, 9.17) is 4.74 Å². The zero-order valence-corrected chi connectivity index (χ0v) is 14.2. The van der Waals surface area contributed by atoms with Gasteiger partial charge in [0.05, 0.1) is 6.42 Å². The molecule has 0 aromatic heterocycles. The Labute approximate surface area is 147 Å². The molecule has 0 spiro atoms. The summed E-state index contributed by atoms with van der Waals surface area (Å²) in [4.78, 5) is 24.3. The zero-order valence-electron chi connectivity index (χ0n) is 14.2. The van der Waals surface area contributed by atoms with E-state index in [2.05, 4.69) is 6.92 Å². The van der Waals surface area contributed by atoms with Crippen LogP contribution >= 0.6 is 0 Å². The van der Waals surface area contributed by atoms with E-state index in [1.807, 2.05) is 54.6 Å². The Morgan fingerprint density at radius 1 is 0.880 bits per heavy atom. The van der Waals surface area contributed by atoms with E-state index in [9.17, 15) is 9.59 Å². The fourth-order valence-corrected chi connectivity index (χ4v) is 2.81. The Morgan fingerprint density at radius 3 is 2.36 bits per heavy atom. The van der Waals surface area contributed by atoms with Crippen LogP contribution in [-0.2, 0) is 22.4 Å². The average Bonchev–Trinajstić information content (AvgIpc) is 2.66. The molecule has 0 unspecified atom stereocenters. The van der Waals surface area contributed by atoms with Gasteiger partial charge in [-0.2, -0.15) is 0 Å². The predicted octanol–water partition coefficient (Wildman–Crippen LogP) is 4.37. The monoisotopic (exact) mass is 332 g/mol. The standard InChI is InChI=1S/C22H20O3/c1-2-16-10-12-18(13-11-16)21(23)15-25-22(24)14-19-8-5-7-17-6-3-4-9-20(17)19/h3-13H,2,14-15H2,1H3. The lowest BCUT2D eigenvalue weighted by Crippen LogP contribution is -2.15. The lowest BCUT2D eigenvalue weighted by molar-refractivity contribution is -0.141. The maximum absolute atomic E-state index is 12.1. The highest BCUT2D eigenvalue weighted by Gasteiger charge is 2.12. The van der Waals surface area contributed by atoms with Gasteiger partial charge in [0, 0.05) is 5.56 Å². The first-order valence-corrected chi connectivity index (χ1v) is 8.42. The number of Topliss-reactive ketones (excluding diaryl/α,β-unsaturated/α-hetero) is 1. The molecule has 0 saturated carbocycles. The van der Waals surface area contributed by atoms with Gasteiger partial charge in [0.15, 0.2) is 12.4 Å². The van der Waals surface area contributed by atoms with Gasteiger partial charge in [0.2, 0.25) is 0 Å². The first-order chi connectivity index (χ1) is 12.2. The summed E-state index contributed by atoms with van der Waals surface area (Å²) in [6.07, 6.45) is 1.08. The van der Waals surface area contributed by atoms with Crippen molar-refractivity contribution in [1.29, 1.82) is 0 Å². The fraction of sp³-hybridized carbons (Fsp3) is 0.182. The molecule has 0 atom stereocenters. The highest BCUT2D eigenvalue weighted by molar-refractivity contribution is 5.98. The molecule has 3 aromatic rings. The zero-order chi connectivity index (χ0) is 17.6. The van der Waals surface area contributed by atoms with E-state index in [-0.39, 0.29) is 18.8 Å². The van der Waals surface area contributed by atoms with Crippen LogP contribution in [0, 0.1) is 0 Å². The maximum Gasteiger partial charge on any atom is 0.310 e. The van der Waals surface area contributed by atoms with Gasteiger partial charge in [0.1, 0.15) is 0 Å². The molecular weight excluding hydrogens is 312 g/mol. The van der Waals surface area contributed by atoms with E-state index in [1.54, 1.807) is 12.1 Å². The van der Waals surface area contributed by atoms with E-state index < -0.39 is 5.97 Å². The molecule has 25 heavy (non-hydrogen) atoms. The largest absolute Gasteiger partial charge is 0.457 e. The van der Waals surface area contributed by atoms with Gasteiger partial charge < -0.3 is 4.74 Å². The van der Waals surface area contributed by atoms with Gasteiger partial charge in [-0.05, 0) is 28.3 Å². The molecule has 0 aliphatic carbocycles. The molecule has 0 aliphatic rings. The van der Waals surface area contributed by atoms with Crippen LogP contribution in [-0.4, -0.2) is 18.4 Å². The number of ether oxygens (including phenoxy) is 1. The number of hydrogen-bond acceptors (Lipinski definition) is 3. The van der Waals surface area contributed by atoms with Crippen molar-refractivity contribution in [3.63, 3.8) is 0 Å². The van der Waals surface area contributed by atoms with Gasteiger partial charge in [-0.1, -0.05) is 73.7 Å². The summed E-state index contributed by atoms with van der Waals surface area (Å²) >= 11 is 0. The van der Waals surface area contributed by atoms with Crippen LogP contribution in [0.1, 0.15) is 28.4 Å². The first-order valence-electron chi connectivity index (χ1n) is 8.42. The number of hydrogen-bond donors (Lipinski definition) is 0. The third-order valence-corrected chi connectivity index (χ3v) is 4.26. The van der Waals surface area contributed by atoms with Gasteiger partial charge in [-0.3, -0.25) is 9.59 Å². The molecule has 0 heterocycles. The van der Waals surface area contributed by atoms with Crippen molar-refractivity contribution in [2.75, 3.05) is 6.61 Å². The first kappa shape index (κ1) is 16.9. The molecular formula is C22H20O3. The molecule has 0 amide bonds. The third kappa shape index (κ3) is 4.13. The molecule has 3 heteroatoms. The van der Waals surface area contributed by atoms with E-state index in [1.165, 1.54) is 5.56 Å². The van der Waals surface area contributed by atoms with Crippen molar-refractivity contribution >= 4 is 22.5 Å². The molecule has 126 valence electrons. The molecule has 0 fully saturated rings. The van der Waals surface area contributed by atoms with Gasteiger partial charge in [0.25, 0.3) is 0 Å². The number of carbonyl (C=O) groups is 2. The van der Waals surface area contributed by atoms with Crippen LogP contribution in [0.15, 0.2) is 66.7 Å². The number of benzene rings is 3. The van der Waals surface area contributed by atoms with Crippen molar-refractivity contribution in [3.05, 3.63) is 83.4 Å². The van der Waals surface area contributed by atoms with Crippen molar-refractivity contribution in [1.82, 2.24) is 0 Å². The van der Waals surface area contributed by atoms with Crippen LogP contribution in [0.25, 0.3) is 10.8 Å². The summed E-state index contributed by atoms with van der Waals surface area (Å²) < 4.78 is 5.18. The molecule has 0 radical (unpaired) electrons. The predicted molar refractivity (Wildman–Crippen MR) is 98.8 cm³/mol. The summed E-state index contributed by atoms with van der Waals surface area (Å²) in [5.74, 6) is -0.580. The number of carbonyl (C=O) groups excluding carboxylic acids is 2. The van der Waals surface area contributed by atoms with E-state index in [0.29, 0.717) is 5.56 Å². The van der Waals surface area contributed by atoms with Gasteiger partial charge in [-0.15, -0.1) is 0 Å². The second kappa shape index (κ2) is 7.75. The van der Waals surface area contributed by atoms with Crippen LogP contribution in [0.3, 0.4) is 0 Å².